The molecule has 1 unspecified atom stereocenters. The maximum Gasteiger partial charge on any atom is 0.242 e. The summed E-state index contributed by atoms with van der Waals surface area (Å²) in [7, 11) is -3.43. The van der Waals surface area contributed by atoms with E-state index in [-0.39, 0.29) is 12.6 Å². The van der Waals surface area contributed by atoms with Gasteiger partial charge >= 0.3 is 0 Å². The molecule has 1 heterocycles. The topological polar surface area (TPSA) is 72.2 Å². The number of hydrogen-bond donors (Lipinski definition) is 2. The number of hydrogen-bond acceptors (Lipinski definition) is 5. The van der Waals surface area contributed by atoms with Crippen molar-refractivity contribution in [2.75, 3.05) is 12.0 Å². The largest absolute Gasteiger partial charge is 0.326 e. The van der Waals surface area contributed by atoms with Gasteiger partial charge in [-0.3, -0.25) is 0 Å². The number of nitrogens with two attached hydrogens (primary N) is 1. The molecule has 0 spiro atoms. The minimum absolute atomic E-state index is 0.0273. The van der Waals surface area contributed by atoms with E-state index < -0.39 is 10.0 Å². The summed E-state index contributed by atoms with van der Waals surface area (Å²) in [5.74, 6) is 0.776. The smallest absolute Gasteiger partial charge is 0.242 e. The molecule has 0 aliphatic carbocycles. The van der Waals surface area contributed by atoms with Crippen molar-refractivity contribution in [3.63, 3.8) is 0 Å². The van der Waals surface area contributed by atoms with Crippen molar-refractivity contribution >= 4 is 33.1 Å². The van der Waals surface area contributed by atoms with Gasteiger partial charge < -0.3 is 5.73 Å². The third-order valence-corrected chi connectivity index (χ3v) is 5.78. The summed E-state index contributed by atoms with van der Waals surface area (Å²) in [5, 5.41) is 1.76. The maximum absolute atomic E-state index is 12.1. The molecule has 0 saturated heterocycles. The molecule has 0 aliphatic heterocycles. The molecule has 0 aromatic carbocycles. The van der Waals surface area contributed by atoms with E-state index in [0.29, 0.717) is 9.77 Å². The normalized spacial score (nSPS) is 13.8. The first-order valence-corrected chi connectivity index (χ1v) is 9.08. The van der Waals surface area contributed by atoms with Crippen LogP contribution in [0.4, 0.5) is 0 Å². The van der Waals surface area contributed by atoms with Crippen molar-refractivity contribution in [3.8, 4) is 0 Å². The van der Waals surface area contributed by atoms with Crippen molar-refractivity contribution in [1.82, 2.24) is 4.72 Å². The van der Waals surface area contributed by atoms with E-state index in [1.807, 2.05) is 13.2 Å². The summed E-state index contributed by atoms with van der Waals surface area (Å²) in [6.07, 6.45) is 2.75. The number of thiophene rings is 1. The molecule has 0 aliphatic rings. The Kier molecular flexibility index (Phi) is 5.94. The van der Waals surface area contributed by atoms with Crippen LogP contribution in [-0.4, -0.2) is 26.5 Å². The molecular formula is C10H18N2O2S3. The third kappa shape index (κ3) is 3.96. The van der Waals surface area contributed by atoms with Gasteiger partial charge in [0, 0.05) is 23.2 Å². The van der Waals surface area contributed by atoms with E-state index in [1.54, 1.807) is 23.2 Å². The molecule has 0 radical (unpaired) electrons. The van der Waals surface area contributed by atoms with Gasteiger partial charge in [0.2, 0.25) is 10.0 Å². The zero-order valence-electron chi connectivity index (χ0n) is 9.97. The molecule has 98 valence electrons. The SMILES string of the molecule is CCC(CSC)NS(=O)(=O)c1ccsc1CN. The average Bonchev–Trinajstić information content (AvgIpc) is 2.77. The average molecular weight is 294 g/mol. The molecule has 0 bridgehead atoms. The van der Waals surface area contributed by atoms with Crippen LogP contribution in [0.3, 0.4) is 0 Å². The molecule has 17 heavy (non-hydrogen) atoms. The molecule has 1 aromatic rings. The Morgan fingerprint density at radius 1 is 1.59 bits per heavy atom. The van der Waals surface area contributed by atoms with Crippen LogP contribution in [0.5, 0.6) is 0 Å². The summed E-state index contributed by atoms with van der Waals surface area (Å²) < 4.78 is 27.0. The lowest BCUT2D eigenvalue weighted by Crippen LogP contribution is -2.36. The van der Waals surface area contributed by atoms with Crippen LogP contribution in [0.1, 0.15) is 18.2 Å². The lowest BCUT2D eigenvalue weighted by molar-refractivity contribution is 0.557. The third-order valence-electron chi connectivity index (χ3n) is 2.36. The monoisotopic (exact) mass is 294 g/mol. The summed E-state index contributed by atoms with van der Waals surface area (Å²) >= 11 is 3.01. The number of rotatable bonds is 7. The van der Waals surface area contributed by atoms with Crippen molar-refractivity contribution < 1.29 is 8.42 Å². The molecule has 0 fully saturated rings. The van der Waals surface area contributed by atoms with Crippen LogP contribution in [0.2, 0.25) is 0 Å². The van der Waals surface area contributed by atoms with Gasteiger partial charge in [-0.1, -0.05) is 6.92 Å². The van der Waals surface area contributed by atoms with Gasteiger partial charge in [0.25, 0.3) is 0 Å². The highest BCUT2D eigenvalue weighted by atomic mass is 32.2. The second kappa shape index (κ2) is 6.75. The van der Waals surface area contributed by atoms with Crippen LogP contribution in [0, 0.1) is 0 Å². The maximum atomic E-state index is 12.1. The van der Waals surface area contributed by atoms with Crippen LogP contribution in [-0.2, 0) is 16.6 Å². The van der Waals surface area contributed by atoms with Gasteiger partial charge in [-0.2, -0.15) is 11.8 Å². The molecule has 3 N–H and O–H groups in total. The summed E-state index contributed by atoms with van der Waals surface area (Å²) in [6, 6.07) is 1.58. The first kappa shape index (κ1) is 15.0. The van der Waals surface area contributed by atoms with E-state index in [0.717, 1.165) is 12.2 Å². The second-order valence-electron chi connectivity index (χ2n) is 3.59. The van der Waals surface area contributed by atoms with Crippen molar-refractivity contribution in [3.05, 3.63) is 16.3 Å². The molecule has 4 nitrogen and oxygen atoms in total. The van der Waals surface area contributed by atoms with Gasteiger partial charge in [-0.25, -0.2) is 13.1 Å². The van der Waals surface area contributed by atoms with Crippen LogP contribution in [0.15, 0.2) is 16.3 Å². The van der Waals surface area contributed by atoms with Gasteiger partial charge in [-0.05, 0) is 24.1 Å². The molecule has 1 rings (SSSR count). The Balaban J connectivity index is 2.88. The summed E-state index contributed by atoms with van der Waals surface area (Å²) in [4.78, 5) is 1.03. The van der Waals surface area contributed by atoms with E-state index >= 15 is 0 Å². The lowest BCUT2D eigenvalue weighted by Gasteiger charge is -2.15. The summed E-state index contributed by atoms with van der Waals surface area (Å²) in [6.45, 7) is 2.23. The minimum atomic E-state index is -3.43. The predicted octanol–water partition coefficient (Wildman–Crippen LogP) is 1.63. The highest BCUT2D eigenvalue weighted by Crippen LogP contribution is 2.21. The van der Waals surface area contributed by atoms with E-state index in [4.69, 9.17) is 5.73 Å². The van der Waals surface area contributed by atoms with Gasteiger partial charge in [0.1, 0.15) is 0 Å². The molecular weight excluding hydrogens is 276 g/mol. The lowest BCUT2D eigenvalue weighted by atomic mass is 10.3. The van der Waals surface area contributed by atoms with E-state index in [2.05, 4.69) is 4.72 Å². The number of sulfonamides is 1. The predicted molar refractivity (Wildman–Crippen MR) is 75.0 cm³/mol. The molecule has 1 aromatic heterocycles. The first-order valence-electron chi connectivity index (χ1n) is 5.32. The zero-order valence-corrected chi connectivity index (χ0v) is 12.4. The van der Waals surface area contributed by atoms with Crippen LogP contribution in [0.25, 0.3) is 0 Å². The molecule has 0 saturated carbocycles. The molecule has 0 amide bonds. The Bertz CT molecular complexity index is 442. The Hall–Kier alpha value is -0.0800. The first-order chi connectivity index (χ1) is 8.05. The van der Waals surface area contributed by atoms with Crippen molar-refractivity contribution in [1.29, 1.82) is 0 Å². The van der Waals surface area contributed by atoms with Crippen LogP contribution >= 0.6 is 23.1 Å². The molecule has 7 heteroatoms. The highest BCUT2D eigenvalue weighted by Gasteiger charge is 2.22. The van der Waals surface area contributed by atoms with Gasteiger partial charge in [0.05, 0.1) is 4.90 Å². The summed E-state index contributed by atoms with van der Waals surface area (Å²) in [5.41, 5.74) is 5.53. The number of thioether (sulfide) groups is 1. The van der Waals surface area contributed by atoms with Crippen LogP contribution < -0.4 is 10.5 Å². The highest BCUT2D eigenvalue weighted by molar-refractivity contribution is 7.98. The van der Waals surface area contributed by atoms with E-state index in [1.165, 1.54) is 11.3 Å². The Labute approximate surface area is 111 Å². The number of nitrogens with one attached hydrogen (secondary N) is 1. The fraction of sp³-hybridized carbons (Fsp3) is 0.600. The van der Waals surface area contributed by atoms with Gasteiger partial charge in [-0.15, -0.1) is 11.3 Å². The van der Waals surface area contributed by atoms with Crippen molar-refractivity contribution in [2.24, 2.45) is 5.73 Å². The second-order valence-corrected chi connectivity index (χ2v) is 7.19. The van der Waals surface area contributed by atoms with Crippen molar-refractivity contribution in [2.45, 2.75) is 30.8 Å². The minimum Gasteiger partial charge on any atom is -0.326 e. The standard InChI is InChI=1S/C10H18N2O2S3/c1-3-8(7-15-2)12-17(13,14)10-4-5-16-9(10)6-11/h4-5,8,12H,3,6-7,11H2,1-2H3. The fourth-order valence-corrected chi connectivity index (χ4v) is 4.92. The fourth-order valence-electron chi connectivity index (χ4n) is 1.44. The Morgan fingerprint density at radius 3 is 2.82 bits per heavy atom. The van der Waals surface area contributed by atoms with E-state index in [9.17, 15) is 8.42 Å². The van der Waals surface area contributed by atoms with Gasteiger partial charge in [0.15, 0.2) is 0 Å². The molecule has 1 atom stereocenters. The quantitative estimate of drug-likeness (QED) is 0.801. The zero-order chi connectivity index (χ0) is 12.9. The Morgan fingerprint density at radius 2 is 2.29 bits per heavy atom.